The second-order valence-electron chi connectivity index (χ2n) is 6.03. The minimum Gasteiger partial charge on any atom is -0.508 e. The lowest BCUT2D eigenvalue weighted by Crippen LogP contribution is -2.01. The summed E-state index contributed by atoms with van der Waals surface area (Å²) in [5.74, 6) is 7.04. The van der Waals surface area contributed by atoms with E-state index in [0.29, 0.717) is 22.8 Å². The molecular formula is C23H17ClN2O2. The van der Waals surface area contributed by atoms with E-state index in [0.717, 1.165) is 29.7 Å². The van der Waals surface area contributed by atoms with Crippen LogP contribution in [0.1, 0.15) is 28.7 Å². The van der Waals surface area contributed by atoms with Gasteiger partial charge in [-0.3, -0.25) is 4.98 Å². The molecule has 3 aromatic rings. The third kappa shape index (κ3) is 5.27. The number of phenols is 1. The molecule has 2 aromatic carbocycles. The number of nitriles is 1. The number of pyridine rings is 1. The quantitative estimate of drug-likeness (QED) is 0.507. The van der Waals surface area contributed by atoms with Crippen molar-refractivity contribution in [3.05, 3.63) is 88.2 Å². The summed E-state index contributed by atoms with van der Waals surface area (Å²) in [5, 5.41) is 19.0. The van der Waals surface area contributed by atoms with E-state index in [1.165, 1.54) is 6.07 Å². The van der Waals surface area contributed by atoms with Gasteiger partial charge >= 0.3 is 0 Å². The van der Waals surface area contributed by atoms with Gasteiger partial charge in [0.25, 0.3) is 0 Å². The van der Waals surface area contributed by atoms with Crippen LogP contribution in [0.2, 0.25) is 5.02 Å². The molecule has 28 heavy (non-hydrogen) atoms. The third-order valence-electron chi connectivity index (χ3n) is 4.03. The molecule has 0 aliphatic carbocycles. The molecular weight excluding hydrogens is 372 g/mol. The van der Waals surface area contributed by atoms with Crippen LogP contribution in [0.3, 0.4) is 0 Å². The molecule has 5 heteroatoms. The van der Waals surface area contributed by atoms with E-state index in [9.17, 15) is 10.4 Å². The number of rotatable bonds is 5. The number of aryl methyl sites for hydroxylation is 1. The molecule has 0 fully saturated rings. The van der Waals surface area contributed by atoms with Crippen molar-refractivity contribution in [1.82, 2.24) is 4.98 Å². The van der Waals surface area contributed by atoms with Crippen molar-refractivity contribution in [1.29, 1.82) is 5.26 Å². The summed E-state index contributed by atoms with van der Waals surface area (Å²) in [6.07, 6.45) is 4.89. The summed E-state index contributed by atoms with van der Waals surface area (Å²) in [6.45, 7) is 0.553. The molecule has 4 nitrogen and oxygen atoms in total. The first-order chi connectivity index (χ1) is 13.7. The molecule has 0 spiro atoms. The third-order valence-corrected chi connectivity index (χ3v) is 4.34. The molecule has 3 rings (SSSR count). The van der Waals surface area contributed by atoms with Crippen LogP contribution in [0.5, 0.6) is 11.5 Å². The van der Waals surface area contributed by atoms with Crippen LogP contribution in [-0.2, 0) is 6.42 Å². The van der Waals surface area contributed by atoms with Gasteiger partial charge in [0.15, 0.2) is 0 Å². The van der Waals surface area contributed by atoms with Gasteiger partial charge in [-0.25, -0.2) is 0 Å². The van der Waals surface area contributed by atoms with Crippen LogP contribution < -0.4 is 4.74 Å². The Bertz CT molecular complexity index is 1060. The number of phenolic OH excluding ortho intramolecular Hbond substituents is 1. The van der Waals surface area contributed by atoms with Crippen molar-refractivity contribution in [3.63, 3.8) is 0 Å². The Morgan fingerprint density at radius 3 is 2.50 bits per heavy atom. The molecule has 0 atom stereocenters. The highest BCUT2D eigenvalue weighted by molar-refractivity contribution is 6.31. The second-order valence-corrected chi connectivity index (χ2v) is 6.44. The fourth-order valence-corrected chi connectivity index (χ4v) is 2.84. The van der Waals surface area contributed by atoms with E-state index >= 15 is 0 Å². The number of benzene rings is 2. The zero-order valence-corrected chi connectivity index (χ0v) is 15.8. The fourth-order valence-electron chi connectivity index (χ4n) is 2.62. The predicted molar refractivity (Wildman–Crippen MR) is 108 cm³/mol. The lowest BCUT2D eigenvalue weighted by molar-refractivity contribution is 0.310. The number of aromatic nitrogens is 1. The fraction of sp³-hybridized carbons (Fsp3) is 0.130. The first-order valence-corrected chi connectivity index (χ1v) is 9.10. The molecule has 1 N–H and O–H groups in total. The topological polar surface area (TPSA) is 66.1 Å². The van der Waals surface area contributed by atoms with Crippen LogP contribution in [0.25, 0.3) is 0 Å². The van der Waals surface area contributed by atoms with Crippen LogP contribution in [0, 0.1) is 23.2 Å². The highest BCUT2D eigenvalue weighted by Gasteiger charge is 2.04. The Hall–Kier alpha value is -3.47. The summed E-state index contributed by atoms with van der Waals surface area (Å²) in [5.41, 5.74) is 3.06. The number of hydrogen-bond donors (Lipinski definition) is 1. The summed E-state index contributed by atoms with van der Waals surface area (Å²) in [6, 6.07) is 15.9. The minimum absolute atomic E-state index is 0.101. The Balaban J connectivity index is 1.73. The van der Waals surface area contributed by atoms with E-state index < -0.39 is 0 Å². The van der Waals surface area contributed by atoms with Crippen molar-refractivity contribution in [2.24, 2.45) is 0 Å². The lowest BCUT2D eigenvalue weighted by atomic mass is 10.00. The molecule has 0 amide bonds. The van der Waals surface area contributed by atoms with Gasteiger partial charge in [0.05, 0.1) is 23.3 Å². The lowest BCUT2D eigenvalue weighted by Gasteiger charge is -2.08. The Morgan fingerprint density at radius 1 is 1.00 bits per heavy atom. The molecule has 0 saturated carbocycles. The first kappa shape index (κ1) is 19.3. The SMILES string of the molecule is N#Cc1ccc(C#Cc2ccc(O)cc2Cl)c(CCCOc2ccncc2)c1. The van der Waals surface area contributed by atoms with Crippen LogP contribution in [0.4, 0.5) is 0 Å². The molecule has 1 aromatic heterocycles. The Morgan fingerprint density at radius 2 is 1.75 bits per heavy atom. The molecule has 1 heterocycles. The maximum absolute atomic E-state index is 9.45. The average molecular weight is 389 g/mol. The van der Waals surface area contributed by atoms with E-state index in [1.807, 2.05) is 24.3 Å². The Labute approximate surface area is 169 Å². The summed E-state index contributed by atoms with van der Waals surface area (Å²) < 4.78 is 5.70. The summed E-state index contributed by atoms with van der Waals surface area (Å²) >= 11 is 6.12. The molecule has 0 saturated heterocycles. The van der Waals surface area contributed by atoms with E-state index in [1.54, 1.807) is 30.6 Å². The monoisotopic (exact) mass is 388 g/mol. The van der Waals surface area contributed by atoms with Gasteiger partial charge in [0.2, 0.25) is 0 Å². The highest BCUT2D eigenvalue weighted by Crippen LogP contribution is 2.21. The Kier molecular flexibility index (Phi) is 6.52. The van der Waals surface area contributed by atoms with Crippen LogP contribution >= 0.6 is 11.6 Å². The predicted octanol–water partition coefficient (Wildman–Crippen LogP) is 4.72. The molecule has 138 valence electrons. The second kappa shape index (κ2) is 9.46. The molecule has 0 unspecified atom stereocenters. The van der Waals surface area contributed by atoms with Crippen molar-refractivity contribution in [2.45, 2.75) is 12.8 Å². The smallest absolute Gasteiger partial charge is 0.122 e. The summed E-state index contributed by atoms with van der Waals surface area (Å²) in [7, 11) is 0. The van der Waals surface area contributed by atoms with Crippen molar-refractivity contribution >= 4 is 11.6 Å². The minimum atomic E-state index is 0.101. The molecule has 0 aliphatic heterocycles. The largest absolute Gasteiger partial charge is 0.508 e. The maximum atomic E-state index is 9.45. The van der Waals surface area contributed by atoms with E-state index in [4.69, 9.17) is 16.3 Å². The van der Waals surface area contributed by atoms with Crippen LogP contribution in [0.15, 0.2) is 60.9 Å². The number of halogens is 1. The van der Waals surface area contributed by atoms with Gasteiger partial charge in [-0.1, -0.05) is 23.4 Å². The maximum Gasteiger partial charge on any atom is 0.122 e. The number of nitrogens with zero attached hydrogens (tertiary/aromatic N) is 2. The first-order valence-electron chi connectivity index (χ1n) is 8.72. The van der Waals surface area contributed by atoms with Gasteiger partial charge in [-0.2, -0.15) is 5.26 Å². The number of ether oxygens (including phenoxy) is 1. The van der Waals surface area contributed by atoms with Crippen molar-refractivity contribution in [2.75, 3.05) is 6.61 Å². The number of hydrogen-bond acceptors (Lipinski definition) is 4. The van der Waals surface area contributed by atoms with E-state index in [-0.39, 0.29) is 5.75 Å². The highest BCUT2D eigenvalue weighted by atomic mass is 35.5. The van der Waals surface area contributed by atoms with E-state index in [2.05, 4.69) is 22.9 Å². The van der Waals surface area contributed by atoms with Gasteiger partial charge in [-0.15, -0.1) is 0 Å². The average Bonchev–Trinajstić information content (AvgIpc) is 2.72. The molecule has 0 radical (unpaired) electrons. The molecule has 0 bridgehead atoms. The normalized spacial score (nSPS) is 9.86. The van der Waals surface area contributed by atoms with Gasteiger partial charge in [0, 0.05) is 23.5 Å². The number of aromatic hydroxyl groups is 1. The zero-order chi connectivity index (χ0) is 19.8. The van der Waals surface area contributed by atoms with Gasteiger partial charge < -0.3 is 9.84 Å². The summed E-state index contributed by atoms with van der Waals surface area (Å²) in [4.78, 5) is 3.96. The standard InChI is InChI=1S/C23H17ClN2O2/c24-23-15-21(27)8-7-19(23)6-5-18-4-3-17(16-25)14-20(18)2-1-13-28-22-9-11-26-12-10-22/h3-4,7-12,14-15,27H,1-2,13H2. The van der Waals surface area contributed by atoms with Crippen molar-refractivity contribution < 1.29 is 9.84 Å². The van der Waals surface area contributed by atoms with Crippen molar-refractivity contribution in [3.8, 4) is 29.4 Å². The zero-order valence-electron chi connectivity index (χ0n) is 15.0. The molecule has 0 aliphatic rings. The van der Waals surface area contributed by atoms with Gasteiger partial charge in [-0.05, 0) is 66.9 Å². The van der Waals surface area contributed by atoms with Crippen LogP contribution in [-0.4, -0.2) is 16.7 Å². The van der Waals surface area contributed by atoms with Gasteiger partial charge in [0.1, 0.15) is 11.5 Å².